The number of carbonyl (C=O) groups excluding carboxylic acids is 1. The van der Waals surface area contributed by atoms with E-state index in [2.05, 4.69) is 41.6 Å². The minimum absolute atomic E-state index is 0.172. The molecule has 1 atom stereocenters. The summed E-state index contributed by atoms with van der Waals surface area (Å²) in [4.78, 5) is 17.0. The third-order valence-corrected chi connectivity index (χ3v) is 6.05. The SMILES string of the molecule is CCC(C)c1ccc2oc(-c3ccc(Cl)c(NC(=S)NC(=O)Cc4ccccc4)c3)nc2c1. The summed E-state index contributed by atoms with van der Waals surface area (Å²) in [5, 5.41) is 6.33. The molecule has 5 nitrogen and oxygen atoms in total. The Bertz CT molecular complexity index is 1300. The van der Waals surface area contributed by atoms with E-state index in [-0.39, 0.29) is 17.4 Å². The van der Waals surface area contributed by atoms with Gasteiger partial charge >= 0.3 is 0 Å². The summed E-state index contributed by atoms with van der Waals surface area (Å²) >= 11 is 11.7. The van der Waals surface area contributed by atoms with E-state index in [0.717, 1.165) is 28.6 Å². The van der Waals surface area contributed by atoms with Crippen LogP contribution in [0.15, 0.2) is 71.1 Å². The largest absolute Gasteiger partial charge is 0.436 e. The van der Waals surface area contributed by atoms with Gasteiger partial charge in [0.25, 0.3) is 0 Å². The average Bonchev–Trinajstić information content (AvgIpc) is 3.24. The Balaban J connectivity index is 1.49. The van der Waals surface area contributed by atoms with Crippen LogP contribution in [0, 0.1) is 0 Å². The van der Waals surface area contributed by atoms with Crippen LogP contribution in [0.25, 0.3) is 22.6 Å². The Morgan fingerprint density at radius 3 is 2.67 bits per heavy atom. The van der Waals surface area contributed by atoms with Gasteiger partial charge in [-0.05, 0) is 66.0 Å². The Morgan fingerprint density at radius 2 is 1.91 bits per heavy atom. The molecule has 0 fully saturated rings. The molecule has 0 aliphatic heterocycles. The van der Waals surface area contributed by atoms with Crippen LogP contribution in [0.2, 0.25) is 5.02 Å². The highest BCUT2D eigenvalue weighted by molar-refractivity contribution is 7.80. The number of anilines is 1. The van der Waals surface area contributed by atoms with Crippen LogP contribution in [-0.4, -0.2) is 16.0 Å². The third-order valence-electron chi connectivity index (χ3n) is 5.51. The van der Waals surface area contributed by atoms with Crippen molar-refractivity contribution in [3.05, 3.63) is 82.9 Å². The summed E-state index contributed by atoms with van der Waals surface area (Å²) in [6.45, 7) is 4.36. The van der Waals surface area contributed by atoms with Crippen molar-refractivity contribution < 1.29 is 9.21 Å². The molecule has 1 heterocycles. The number of aromatic nitrogens is 1. The maximum absolute atomic E-state index is 12.3. The first-order chi connectivity index (χ1) is 15.9. The number of halogens is 1. The second-order valence-electron chi connectivity index (χ2n) is 7.91. The molecule has 4 aromatic rings. The van der Waals surface area contributed by atoms with E-state index < -0.39 is 0 Å². The van der Waals surface area contributed by atoms with E-state index in [1.54, 1.807) is 12.1 Å². The Hall–Kier alpha value is -3.22. The van der Waals surface area contributed by atoms with Crippen LogP contribution in [-0.2, 0) is 11.2 Å². The monoisotopic (exact) mass is 477 g/mol. The Morgan fingerprint density at radius 1 is 1.12 bits per heavy atom. The molecule has 2 N–H and O–H groups in total. The van der Waals surface area contributed by atoms with E-state index in [9.17, 15) is 4.79 Å². The minimum Gasteiger partial charge on any atom is -0.436 e. The van der Waals surface area contributed by atoms with E-state index >= 15 is 0 Å². The molecule has 4 rings (SSSR count). The molecule has 0 saturated carbocycles. The zero-order valence-corrected chi connectivity index (χ0v) is 20.0. The van der Waals surface area contributed by atoms with Crippen molar-refractivity contribution in [3.63, 3.8) is 0 Å². The van der Waals surface area contributed by atoms with Gasteiger partial charge in [0.1, 0.15) is 5.52 Å². The first-order valence-electron chi connectivity index (χ1n) is 10.8. The van der Waals surface area contributed by atoms with Gasteiger partial charge in [-0.15, -0.1) is 0 Å². The third kappa shape index (κ3) is 5.59. The first-order valence-corrected chi connectivity index (χ1v) is 11.6. The number of hydrogen-bond donors (Lipinski definition) is 2. The second kappa shape index (κ2) is 10.1. The fraction of sp³-hybridized carbons (Fsp3) is 0.192. The molecule has 1 unspecified atom stereocenters. The zero-order chi connectivity index (χ0) is 23.4. The van der Waals surface area contributed by atoms with Crippen LogP contribution < -0.4 is 10.6 Å². The highest BCUT2D eigenvalue weighted by Crippen LogP contribution is 2.31. The van der Waals surface area contributed by atoms with Crippen molar-refractivity contribution in [2.24, 2.45) is 0 Å². The summed E-state index contributed by atoms with van der Waals surface area (Å²) in [6, 6.07) is 21.0. The molecule has 0 saturated heterocycles. The van der Waals surface area contributed by atoms with Crippen molar-refractivity contribution in [1.82, 2.24) is 10.3 Å². The number of oxazole rings is 1. The fourth-order valence-corrected chi connectivity index (χ4v) is 3.86. The van der Waals surface area contributed by atoms with Gasteiger partial charge in [-0.3, -0.25) is 4.79 Å². The van der Waals surface area contributed by atoms with Crippen LogP contribution >= 0.6 is 23.8 Å². The number of thiocarbonyl (C=S) groups is 1. The molecular weight excluding hydrogens is 454 g/mol. The van der Waals surface area contributed by atoms with E-state index in [0.29, 0.717) is 22.5 Å². The maximum Gasteiger partial charge on any atom is 0.230 e. The predicted octanol–water partition coefficient (Wildman–Crippen LogP) is 6.72. The van der Waals surface area contributed by atoms with Gasteiger partial charge in [0.2, 0.25) is 11.8 Å². The van der Waals surface area contributed by atoms with Crippen LogP contribution in [0.3, 0.4) is 0 Å². The molecule has 0 radical (unpaired) electrons. The minimum atomic E-state index is -0.206. The molecule has 0 spiro atoms. The van der Waals surface area contributed by atoms with Crippen molar-refractivity contribution >= 4 is 51.6 Å². The van der Waals surface area contributed by atoms with Crippen LogP contribution in [0.1, 0.15) is 37.3 Å². The standard InChI is InChI=1S/C26H24ClN3O2S/c1-3-16(2)18-10-12-23-22(14-18)28-25(32-23)19-9-11-20(27)21(15-19)29-26(33)30-24(31)13-17-7-5-4-6-8-17/h4-12,14-16H,3,13H2,1-2H3,(H2,29,30,31,33). The van der Waals surface area contributed by atoms with Gasteiger partial charge < -0.3 is 15.1 Å². The molecule has 168 valence electrons. The van der Waals surface area contributed by atoms with Gasteiger partial charge in [-0.1, -0.05) is 61.8 Å². The van der Waals surface area contributed by atoms with E-state index in [1.165, 1.54) is 5.56 Å². The van der Waals surface area contributed by atoms with Crippen molar-refractivity contribution in [1.29, 1.82) is 0 Å². The Labute approximate surface area is 203 Å². The van der Waals surface area contributed by atoms with Gasteiger partial charge in [-0.25, -0.2) is 4.98 Å². The summed E-state index contributed by atoms with van der Waals surface area (Å²) in [5.74, 6) is 0.742. The van der Waals surface area contributed by atoms with Crippen LogP contribution in [0.5, 0.6) is 0 Å². The number of rotatable bonds is 6. The highest BCUT2D eigenvalue weighted by Gasteiger charge is 2.14. The van der Waals surface area contributed by atoms with Crippen molar-refractivity contribution in [3.8, 4) is 11.5 Å². The zero-order valence-electron chi connectivity index (χ0n) is 18.4. The summed E-state index contributed by atoms with van der Waals surface area (Å²) in [7, 11) is 0. The smallest absolute Gasteiger partial charge is 0.230 e. The summed E-state index contributed by atoms with van der Waals surface area (Å²) in [5.41, 5.74) is 5.00. The molecule has 0 aliphatic rings. The number of nitrogens with one attached hydrogen (secondary N) is 2. The lowest BCUT2D eigenvalue weighted by Crippen LogP contribution is -2.35. The summed E-state index contributed by atoms with van der Waals surface area (Å²) < 4.78 is 5.97. The lowest BCUT2D eigenvalue weighted by atomic mass is 9.98. The lowest BCUT2D eigenvalue weighted by Gasteiger charge is -2.12. The highest BCUT2D eigenvalue weighted by atomic mass is 35.5. The predicted molar refractivity (Wildman–Crippen MR) is 138 cm³/mol. The van der Waals surface area contributed by atoms with E-state index in [4.69, 9.17) is 28.2 Å². The normalized spacial score (nSPS) is 11.8. The number of fused-ring (bicyclic) bond motifs is 1. The molecule has 33 heavy (non-hydrogen) atoms. The Kier molecular flexibility index (Phi) is 7.06. The quantitative estimate of drug-likeness (QED) is 0.302. The summed E-state index contributed by atoms with van der Waals surface area (Å²) in [6.07, 6.45) is 1.29. The lowest BCUT2D eigenvalue weighted by molar-refractivity contribution is -0.119. The fourth-order valence-electron chi connectivity index (χ4n) is 3.47. The van der Waals surface area contributed by atoms with Gasteiger partial charge in [0.05, 0.1) is 17.1 Å². The number of hydrogen-bond acceptors (Lipinski definition) is 4. The molecule has 7 heteroatoms. The van der Waals surface area contributed by atoms with Gasteiger partial charge in [0.15, 0.2) is 10.7 Å². The molecule has 0 bridgehead atoms. The molecule has 1 amide bonds. The molecular formula is C26H24ClN3O2S. The van der Waals surface area contributed by atoms with Gasteiger partial charge in [-0.2, -0.15) is 0 Å². The number of amides is 1. The maximum atomic E-state index is 12.3. The number of carbonyl (C=O) groups is 1. The average molecular weight is 478 g/mol. The van der Waals surface area contributed by atoms with Crippen molar-refractivity contribution in [2.45, 2.75) is 32.6 Å². The topological polar surface area (TPSA) is 67.2 Å². The molecule has 0 aliphatic carbocycles. The second-order valence-corrected chi connectivity index (χ2v) is 8.73. The van der Waals surface area contributed by atoms with E-state index in [1.807, 2.05) is 42.5 Å². The van der Waals surface area contributed by atoms with Crippen molar-refractivity contribution in [2.75, 3.05) is 5.32 Å². The van der Waals surface area contributed by atoms with Crippen LogP contribution in [0.4, 0.5) is 5.69 Å². The van der Waals surface area contributed by atoms with Gasteiger partial charge in [0, 0.05) is 5.56 Å². The first kappa shape index (κ1) is 23.0. The molecule has 3 aromatic carbocycles. The number of benzene rings is 3. The number of nitrogens with zero attached hydrogens (tertiary/aromatic N) is 1. The molecule has 1 aromatic heterocycles.